The number of hydrogen-bond acceptors (Lipinski definition) is 18. The van der Waals surface area contributed by atoms with Crippen LogP contribution in [0, 0.1) is 0 Å². The zero-order valence-electron chi connectivity index (χ0n) is 41.3. The summed E-state index contributed by atoms with van der Waals surface area (Å²) in [5.41, 5.74) is 0. The van der Waals surface area contributed by atoms with E-state index in [-0.39, 0.29) is 25.9 Å². The standard InChI is InChI=1S/C48H98O18/c49-16-1-19-52-22-4-25-55-28-7-31-58-34-10-37-61-40-13-43-64-46-48(66-45-15-42-63-39-12-36-60-33-9-30-57-27-6-24-54-21-3-18-51)47-65-44-14-41-62-38-11-35-59-32-8-29-56-26-5-23-53-20-2-17-50/h48-51H,1-47H2. The Morgan fingerprint density at radius 3 is 0.515 bits per heavy atom. The van der Waals surface area contributed by atoms with Gasteiger partial charge >= 0.3 is 0 Å². The van der Waals surface area contributed by atoms with Gasteiger partial charge in [-0.15, -0.1) is 0 Å². The Hall–Kier alpha value is -0.720. The summed E-state index contributed by atoms with van der Waals surface area (Å²) in [5.74, 6) is 0. The zero-order valence-corrected chi connectivity index (χ0v) is 41.3. The lowest BCUT2D eigenvalue weighted by atomic mass is 10.3. The van der Waals surface area contributed by atoms with Crippen molar-refractivity contribution in [1.82, 2.24) is 0 Å². The highest BCUT2D eigenvalue weighted by atomic mass is 16.6. The highest BCUT2D eigenvalue weighted by Gasteiger charge is 2.10. The summed E-state index contributed by atoms with van der Waals surface area (Å²) in [6.45, 7) is 18.8. The van der Waals surface area contributed by atoms with E-state index < -0.39 is 0 Å². The normalized spacial score (nSPS) is 11.8. The quantitative estimate of drug-likeness (QED) is 0.0723. The molecule has 0 atom stereocenters. The van der Waals surface area contributed by atoms with Crippen molar-refractivity contribution in [2.24, 2.45) is 0 Å². The van der Waals surface area contributed by atoms with Crippen molar-refractivity contribution in [2.75, 3.05) is 211 Å². The molecule has 0 aromatic carbocycles. The summed E-state index contributed by atoms with van der Waals surface area (Å²) in [6, 6.07) is 0. The fourth-order valence-electron chi connectivity index (χ4n) is 5.60. The first-order valence-electron chi connectivity index (χ1n) is 25.4. The van der Waals surface area contributed by atoms with Gasteiger partial charge in [0.05, 0.1) is 13.2 Å². The van der Waals surface area contributed by atoms with Crippen LogP contribution in [0.3, 0.4) is 0 Å². The molecule has 3 N–H and O–H groups in total. The summed E-state index contributed by atoms with van der Waals surface area (Å²) in [6.07, 6.45) is 11.9. The first kappa shape index (κ1) is 65.3. The van der Waals surface area contributed by atoms with Crippen LogP contribution in [0.1, 0.15) is 96.3 Å². The Morgan fingerprint density at radius 2 is 0.333 bits per heavy atom. The molecule has 0 unspecified atom stereocenters. The fraction of sp³-hybridized carbons (Fsp3) is 1.00. The van der Waals surface area contributed by atoms with Crippen molar-refractivity contribution in [2.45, 2.75) is 102 Å². The maximum Gasteiger partial charge on any atom is 0.104 e. The van der Waals surface area contributed by atoms with Crippen molar-refractivity contribution < 1.29 is 86.4 Å². The number of aliphatic hydroxyl groups is 3. The largest absolute Gasteiger partial charge is 0.396 e. The van der Waals surface area contributed by atoms with E-state index in [1.165, 1.54) is 0 Å². The number of rotatable bonds is 62. The molecule has 0 spiro atoms. The molecule has 0 saturated heterocycles. The van der Waals surface area contributed by atoms with Gasteiger partial charge in [-0.1, -0.05) is 0 Å². The molecule has 0 saturated carbocycles. The lowest BCUT2D eigenvalue weighted by molar-refractivity contribution is -0.0676. The van der Waals surface area contributed by atoms with Crippen molar-refractivity contribution in [1.29, 1.82) is 0 Å². The van der Waals surface area contributed by atoms with Gasteiger partial charge in [0.1, 0.15) is 6.10 Å². The third kappa shape index (κ3) is 59.4. The van der Waals surface area contributed by atoms with E-state index in [1.54, 1.807) is 0 Å². The van der Waals surface area contributed by atoms with Crippen molar-refractivity contribution in [3.05, 3.63) is 0 Å². The second kappa shape index (κ2) is 62.3. The maximum atomic E-state index is 8.75. The van der Waals surface area contributed by atoms with Crippen LogP contribution in [0.25, 0.3) is 0 Å². The van der Waals surface area contributed by atoms with Gasteiger partial charge in [-0.25, -0.2) is 0 Å². The molecule has 0 aliphatic carbocycles. The van der Waals surface area contributed by atoms with Gasteiger partial charge in [0, 0.05) is 198 Å². The number of hydrogen-bond donors (Lipinski definition) is 3. The smallest absolute Gasteiger partial charge is 0.104 e. The molecule has 66 heavy (non-hydrogen) atoms. The van der Waals surface area contributed by atoms with Gasteiger partial charge < -0.3 is 86.4 Å². The van der Waals surface area contributed by atoms with Gasteiger partial charge in [-0.2, -0.15) is 0 Å². The van der Waals surface area contributed by atoms with Crippen molar-refractivity contribution in [3.63, 3.8) is 0 Å². The molecule has 0 amide bonds. The van der Waals surface area contributed by atoms with Crippen molar-refractivity contribution >= 4 is 0 Å². The highest BCUT2D eigenvalue weighted by Crippen LogP contribution is 2.02. The summed E-state index contributed by atoms with van der Waals surface area (Å²) in [5, 5.41) is 26.2. The van der Waals surface area contributed by atoms with Crippen LogP contribution in [-0.2, 0) is 71.1 Å². The van der Waals surface area contributed by atoms with Crippen LogP contribution in [0.2, 0.25) is 0 Å². The van der Waals surface area contributed by atoms with Gasteiger partial charge in [0.15, 0.2) is 0 Å². The Balaban J connectivity index is 3.97. The van der Waals surface area contributed by atoms with Gasteiger partial charge in [-0.3, -0.25) is 0 Å². The van der Waals surface area contributed by atoms with E-state index in [4.69, 9.17) is 86.4 Å². The summed E-state index contributed by atoms with van der Waals surface area (Å²) < 4.78 is 85.4. The van der Waals surface area contributed by atoms with Crippen molar-refractivity contribution in [3.8, 4) is 0 Å². The van der Waals surface area contributed by atoms with Crippen LogP contribution >= 0.6 is 0 Å². The second-order valence-electron chi connectivity index (χ2n) is 15.5. The Bertz CT molecular complexity index is 795. The van der Waals surface area contributed by atoms with Crippen LogP contribution in [-0.4, -0.2) is 233 Å². The molecule has 18 nitrogen and oxygen atoms in total. The van der Waals surface area contributed by atoms with E-state index in [2.05, 4.69) is 0 Å². The van der Waals surface area contributed by atoms with Crippen LogP contribution in [0.5, 0.6) is 0 Å². The summed E-state index contributed by atoms with van der Waals surface area (Å²) in [7, 11) is 0. The molecule has 18 heteroatoms. The van der Waals surface area contributed by atoms with Crippen LogP contribution in [0.4, 0.5) is 0 Å². The van der Waals surface area contributed by atoms with Gasteiger partial charge in [-0.05, 0) is 96.3 Å². The monoisotopic (exact) mass is 963 g/mol. The van der Waals surface area contributed by atoms with Gasteiger partial charge in [0.25, 0.3) is 0 Å². The van der Waals surface area contributed by atoms with E-state index in [1.807, 2.05) is 0 Å². The molecule has 0 fully saturated rings. The first-order valence-corrected chi connectivity index (χ1v) is 25.4. The summed E-state index contributed by atoms with van der Waals surface area (Å²) in [4.78, 5) is 0. The summed E-state index contributed by atoms with van der Waals surface area (Å²) >= 11 is 0. The third-order valence-electron chi connectivity index (χ3n) is 9.09. The minimum atomic E-state index is -0.174. The second-order valence-corrected chi connectivity index (χ2v) is 15.5. The molecule has 0 heterocycles. The minimum Gasteiger partial charge on any atom is -0.396 e. The molecule has 0 aliphatic rings. The number of aliphatic hydroxyl groups excluding tert-OH is 3. The minimum absolute atomic E-state index is 0.164. The van der Waals surface area contributed by atoms with E-state index >= 15 is 0 Å². The molecule has 0 aliphatic heterocycles. The molecular formula is C48H98O18. The maximum absolute atomic E-state index is 8.75. The highest BCUT2D eigenvalue weighted by molar-refractivity contribution is 4.57. The molecular weight excluding hydrogens is 865 g/mol. The zero-order chi connectivity index (χ0) is 47.4. The Labute approximate surface area is 399 Å². The third-order valence-corrected chi connectivity index (χ3v) is 9.09. The fourth-order valence-corrected chi connectivity index (χ4v) is 5.60. The molecule has 398 valence electrons. The molecule has 0 aromatic rings. The molecule has 0 bridgehead atoms. The Kier molecular flexibility index (Phi) is 61.6. The Morgan fingerprint density at radius 1 is 0.182 bits per heavy atom. The topological polar surface area (TPSA) is 199 Å². The average Bonchev–Trinajstić information content (AvgIpc) is 3.33. The lowest BCUT2D eigenvalue weighted by Crippen LogP contribution is -2.27. The number of ether oxygens (including phenoxy) is 15. The molecule has 0 aromatic heterocycles. The first-order chi connectivity index (χ1) is 32.8. The molecule has 0 radical (unpaired) electrons. The van der Waals surface area contributed by atoms with Crippen LogP contribution < -0.4 is 0 Å². The van der Waals surface area contributed by atoms with E-state index in [9.17, 15) is 0 Å². The predicted octanol–water partition coefficient (Wildman–Crippen LogP) is 4.43. The van der Waals surface area contributed by atoms with E-state index in [0.717, 1.165) is 77.0 Å². The SMILES string of the molecule is OCCCOCCCOCCCOCCCOCCCOCC(COCCCOCCCOCCCOCCCOCCCO)OCCCOCCCOCCCOCCCOCCCO. The predicted molar refractivity (Wildman–Crippen MR) is 252 cm³/mol. The average molecular weight is 963 g/mol. The van der Waals surface area contributed by atoms with Gasteiger partial charge in [0.2, 0.25) is 0 Å². The van der Waals surface area contributed by atoms with E-state index in [0.29, 0.717) is 211 Å². The molecule has 0 rings (SSSR count). The van der Waals surface area contributed by atoms with Crippen LogP contribution in [0.15, 0.2) is 0 Å². The lowest BCUT2D eigenvalue weighted by Gasteiger charge is -2.18.